The molecule has 0 aliphatic carbocycles. The van der Waals surface area contributed by atoms with Gasteiger partial charge in [0.15, 0.2) is 5.65 Å². The summed E-state index contributed by atoms with van der Waals surface area (Å²) < 4.78 is 1.87. The van der Waals surface area contributed by atoms with Gasteiger partial charge in [-0.3, -0.25) is 4.79 Å². The van der Waals surface area contributed by atoms with Crippen molar-refractivity contribution in [1.29, 1.82) is 0 Å². The lowest BCUT2D eigenvalue weighted by molar-refractivity contribution is 0.112. The van der Waals surface area contributed by atoms with Crippen LogP contribution in [0, 0.1) is 0 Å². The van der Waals surface area contributed by atoms with Crippen LogP contribution in [0.3, 0.4) is 0 Å². The molecule has 106 valence electrons. The Morgan fingerprint density at radius 2 is 1.95 bits per heavy atom. The Hall–Kier alpha value is -2.56. The number of hydrogen-bond donors (Lipinski definition) is 0. The van der Waals surface area contributed by atoms with Gasteiger partial charge in [-0.2, -0.15) is 5.10 Å². The van der Waals surface area contributed by atoms with Gasteiger partial charge in [0, 0.05) is 24.7 Å². The molecule has 3 aromatic rings. The van der Waals surface area contributed by atoms with Gasteiger partial charge >= 0.3 is 0 Å². The quantitative estimate of drug-likeness (QED) is 0.673. The van der Waals surface area contributed by atoms with E-state index in [4.69, 9.17) is 0 Å². The number of carbonyl (C=O) groups is 1. The van der Waals surface area contributed by atoms with Crippen molar-refractivity contribution in [2.75, 3.05) is 0 Å². The molecule has 3 rings (SSSR count). The summed E-state index contributed by atoms with van der Waals surface area (Å²) in [4.78, 5) is 19.6. The van der Waals surface area contributed by atoms with Crippen LogP contribution >= 0.6 is 0 Å². The molecule has 1 aromatic carbocycles. The van der Waals surface area contributed by atoms with Crippen LogP contribution in [0.5, 0.6) is 0 Å². The lowest BCUT2D eigenvalue weighted by Gasteiger charge is -2.03. The molecule has 5 heteroatoms. The first-order valence-corrected chi connectivity index (χ1v) is 7.01. The predicted octanol–water partition coefficient (Wildman–Crippen LogP) is 2.44. The predicted molar refractivity (Wildman–Crippen MR) is 80.2 cm³/mol. The third-order valence-corrected chi connectivity index (χ3v) is 3.48. The number of carbonyl (C=O) groups excluding carboxylic acids is 1. The normalized spacial score (nSPS) is 10.9. The summed E-state index contributed by atoms with van der Waals surface area (Å²) in [6.45, 7) is 2.84. The van der Waals surface area contributed by atoms with Crippen LogP contribution in [0.1, 0.15) is 28.7 Å². The monoisotopic (exact) mass is 280 g/mol. The van der Waals surface area contributed by atoms with E-state index in [1.54, 1.807) is 6.20 Å². The molecular formula is C16H16N4O. The number of aldehydes is 1. The lowest BCUT2D eigenvalue weighted by atomic mass is 10.1. The van der Waals surface area contributed by atoms with Gasteiger partial charge in [0.05, 0.1) is 11.6 Å². The molecule has 2 heterocycles. The van der Waals surface area contributed by atoms with E-state index in [0.29, 0.717) is 5.56 Å². The van der Waals surface area contributed by atoms with Gasteiger partial charge in [0.25, 0.3) is 0 Å². The molecule has 0 bridgehead atoms. The zero-order chi connectivity index (χ0) is 14.7. The Labute approximate surface area is 122 Å². The number of hydrogen-bond acceptors (Lipinski definition) is 4. The van der Waals surface area contributed by atoms with Gasteiger partial charge in [-0.05, 0) is 18.9 Å². The minimum absolute atomic E-state index is 0.697. The molecule has 0 radical (unpaired) electrons. The van der Waals surface area contributed by atoms with E-state index in [1.807, 2.05) is 42.1 Å². The van der Waals surface area contributed by atoms with Crippen LogP contribution in [-0.4, -0.2) is 26.0 Å². The number of aromatic nitrogens is 4. The van der Waals surface area contributed by atoms with Crippen LogP contribution in [-0.2, 0) is 19.4 Å². The Bertz CT molecular complexity index is 762. The second-order valence-corrected chi connectivity index (χ2v) is 4.88. The van der Waals surface area contributed by atoms with Crippen molar-refractivity contribution < 1.29 is 4.79 Å². The molecule has 0 aliphatic rings. The average molecular weight is 280 g/mol. The van der Waals surface area contributed by atoms with E-state index >= 15 is 0 Å². The molecular weight excluding hydrogens is 264 g/mol. The van der Waals surface area contributed by atoms with Gasteiger partial charge in [0.1, 0.15) is 12.1 Å². The highest BCUT2D eigenvalue weighted by Crippen LogP contribution is 2.11. The molecule has 2 aromatic heterocycles. The van der Waals surface area contributed by atoms with Gasteiger partial charge in [0.2, 0.25) is 0 Å². The van der Waals surface area contributed by atoms with Crippen molar-refractivity contribution in [3.63, 3.8) is 0 Å². The topological polar surface area (TPSA) is 60.7 Å². The maximum Gasteiger partial charge on any atom is 0.161 e. The maximum absolute atomic E-state index is 10.6. The van der Waals surface area contributed by atoms with Crippen molar-refractivity contribution in [1.82, 2.24) is 19.7 Å². The first kappa shape index (κ1) is 13.4. The summed E-state index contributed by atoms with van der Waals surface area (Å²) in [7, 11) is 0. The van der Waals surface area contributed by atoms with Crippen molar-refractivity contribution in [3.05, 3.63) is 53.6 Å². The fourth-order valence-corrected chi connectivity index (χ4v) is 2.27. The average Bonchev–Trinajstić information content (AvgIpc) is 2.95. The number of nitrogens with zero attached hydrogens (tertiary/aromatic N) is 4. The van der Waals surface area contributed by atoms with Crippen molar-refractivity contribution in [3.8, 4) is 0 Å². The Balaban J connectivity index is 1.76. The minimum atomic E-state index is 0.697. The maximum atomic E-state index is 10.6. The Morgan fingerprint density at radius 3 is 2.67 bits per heavy atom. The smallest absolute Gasteiger partial charge is 0.161 e. The van der Waals surface area contributed by atoms with Crippen molar-refractivity contribution in [2.24, 2.45) is 0 Å². The molecule has 0 spiro atoms. The van der Waals surface area contributed by atoms with Crippen LogP contribution in [0.4, 0.5) is 0 Å². The molecule has 0 saturated carbocycles. The fourth-order valence-electron chi connectivity index (χ4n) is 2.27. The molecule has 0 fully saturated rings. The number of rotatable bonds is 5. The zero-order valence-corrected chi connectivity index (χ0v) is 11.9. The lowest BCUT2D eigenvalue weighted by Crippen LogP contribution is -2.02. The van der Waals surface area contributed by atoms with E-state index in [9.17, 15) is 4.79 Å². The summed E-state index contributed by atoms with van der Waals surface area (Å²) in [5.74, 6) is 0.817. The Kier molecular flexibility index (Phi) is 3.73. The number of aryl methyl sites for hydroxylation is 3. The number of fused-ring (bicyclic) bond motifs is 1. The van der Waals surface area contributed by atoms with Crippen molar-refractivity contribution >= 4 is 17.3 Å². The molecule has 0 N–H and O–H groups in total. The first-order valence-electron chi connectivity index (χ1n) is 7.01. The van der Waals surface area contributed by atoms with E-state index < -0.39 is 0 Å². The van der Waals surface area contributed by atoms with Crippen molar-refractivity contribution in [2.45, 2.75) is 26.3 Å². The Morgan fingerprint density at radius 1 is 1.14 bits per heavy atom. The zero-order valence-electron chi connectivity index (χ0n) is 11.9. The van der Waals surface area contributed by atoms with E-state index in [2.05, 4.69) is 15.1 Å². The van der Waals surface area contributed by atoms with Crippen LogP contribution in [0.15, 0.2) is 36.7 Å². The van der Waals surface area contributed by atoms with Crippen LogP contribution in [0.25, 0.3) is 11.0 Å². The van der Waals surface area contributed by atoms with Crippen LogP contribution < -0.4 is 0 Å². The molecule has 21 heavy (non-hydrogen) atoms. The van der Waals surface area contributed by atoms with Gasteiger partial charge in [-0.15, -0.1) is 0 Å². The van der Waals surface area contributed by atoms with Gasteiger partial charge < -0.3 is 0 Å². The molecule has 0 atom stereocenters. The molecule has 5 nitrogen and oxygen atoms in total. The highest BCUT2D eigenvalue weighted by atomic mass is 16.1. The van der Waals surface area contributed by atoms with Gasteiger partial charge in [-0.25, -0.2) is 14.6 Å². The second-order valence-electron chi connectivity index (χ2n) is 4.88. The highest BCUT2D eigenvalue weighted by Gasteiger charge is 2.06. The van der Waals surface area contributed by atoms with E-state index in [1.165, 1.54) is 5.56 Å². The molecule has 0 aliphatic heterocycles. The van der Waals surface area contributed by atoms with E-state index in [-0.39, 0.29) is 0 Å². The largest absolute Gasteiger partial charge is 0.298 e. The third-order valence-electron chi connectivity index (χ3n) is 3.48. The van der Waals surface area contributed by atoms with Gasteiger partial charge in [-0.1, -0.05) is 24.3 Å². The fraction of sp³-hybridized carbons (Fsp3) is 0.250. The standard InChI is InChI=1S/C16H16N4O/c1-2-20-16-14(10-18-20)9-17-15(19-16)8-7-12-3-5-13(11-21)6-4-12/h3-6,9-11H,2,7-8H2,1H3. The number of benzene rings is 1. The second kappa shape index (κ2) is 5.83. The molecule has 0 unspecified atom stereocenters. The molecule has 0 saturated heterocycles. The summed E-state index contributed by atoms with van der Waals surface area (Å²) >= 11 is 0. The third kappa shape index (κ3) is 2.81. The van der Waals surface area contributed by atoms with Crippen LogP contribution in [0.2, 0.25) is 0 Å². The summed E-state index contributed by atoms with van der Waals surface area (Å²) in [6, 6.07) is 7.61. The SMILES string of the molecule is CCn1ncc2cnc(CCc3ccc(C=O)cc3)nc21. The first-order chi connectivity index (χ1) is 10.3. The summed E-state index contributed by atoms with van der Waals surface area (Å²) in [5, 5.41) is 5.24. The van der Waals surface area contributed by atoms with E-state index in [0.717, 1.165) is 42.5 Å². The summed E-state index contributed by atoms with van der Waals surface area (Å²) in [6.07, 6.45) is 6.09. The minimum Gasteiger partial charge on any atom is -0.298 e. The summed E-state index contributed by atoms with van der Waals surface area (Å²) in [5.41, 5.74) is 2.76. The highest BCUT2D eigenvalue weighted by molar-refractivity contribution is 5.74. The molecule has 0 amide bonds.